The molecular weight excluding hydrogens is 394 g/mol. The second-order valence-electron chi connectivity index (χ2n) is 6.71. The van der Waals surface area contributed by atoms with Crippen LogP contribution in [0.15, 0.2) is 45.4 Å². The van der Waals surface area contributed by atoms with Crippen LogP contribution in [0.1, 0.15) is 28.8 Å². The number of thioether (sulfide) groups is 1. The van der Waals surface area contributed by atoms with Gasteiger partial charge in [0.1, 0.15) is 5.75 Å². The summed E-state index contributed by atoms with van der Waals surface area (Å²) in [6, 6.07) is 9.89. The van der Waals surface area contributed by atoms with Crippen molar-refractivity contribution in [2.75, 3.05) is 6.54 Å². The molecule has 6 nitrogen and oxygen atoms in total. The standard InChI is InChI=1S/C20H21N3O3S2/c1-13-4-3-5-16(10-13)25-12-18-21-22-20(26-18)28-14(2)19(24)23-8-6-17-15(11-23)7-9-27-17/h3-5,7,9-10,14H,6,8,11-12H2,1-2H3. The third kappa shape index (κ3) is 4.39. The molecule has 0 aliphatic carbocycles. The number of thiophene rings is 1. The summed E-state index contributed by atoms with van der Waals surface area (Å²) >= 11 is 3.06. The molecule has 1 aliphatic heterocycles. The van der Waals surface area contributed by atoms with Crippen LogP contribution in [0.25, 0.3) is 0 Å². The molecule has 2 aromatic heterocycles. The van der Waals surface area contributed by atoms with Crippen molar-refractivity contribution in [2.45, 2.75) is 43.9 Å². The third-order valence-corrected chi connectivity index (χ3v) is 6.49. The van der Waals surface area contributed by atoms with Crippen LogP contribution in [0, 0.1) is 6.92 Å². The van der Waals surface area contributed by atoms with Gasteiger partial charge in [-0.1, -0.05) is 23.9 Å². The van der Waals surface area contributed by atoms with Gasteiger partial charge in [0.2, 0.25) is 5.91 Å². The normalized spacial score (nSPS) is 14.6. The molecule has 3 aromatic rings. The number of nitrogens with zero attached hydrogens (tertiary/aromatic N) is 3. The number of hydrogen-bond donors (Lipinski definition) is 0. The molecule has 8 heteroatoms. The topological polar surface area (TPSA) is 68.5 Å². The Labute approximate surface area is 171 Å². The summed E-state index contributed by atoms with van der Waals surface area (Å²) in [5.41, 5.74) is 2.38. The summed E-state index contributed by atoms with van der Waals surface area (Å²) in [5, 5.41) is 10.2. The average molecular weight is 416 g/mol. The maximum Gasteiger partial charge on any atom is 0.277 e. The SMILES string of the molecule is Cc1cccc(OCc2nnc(SC(C)C(=O)N3CCc4sccc4C3)o2)c1. The zero-order valence-corrected chi connectivity index (χ0v) is 17.4. The summed E-state index contributed by atoms with van der Waals surface area (Å²) in [5.74, 6) is 1.25. The van der Waals surface area contributed by atoms with Gasteiger partial charge in [0.15, 0.2) is 6.61 Å². The van der Waals surface area contributed by atoms with Gasteiger partial charge in [-0.15, -0.1) is 21.5 Å². The monoisotopic (exact) mass is 415 g/mol. The van der Waals surface area contributed by atoms with Crippen LogP contribution in [0.4, 0.5) is 0 Å². The van der Waals surface area contributed by atoms with E-state index in [0.29, 0.717) is 17.7 Å². The van der Waals surface area contributed by atoms with Crippen LogP contribution in [0.3, 0.4) is 0 Å². The molecule has 1 amide bonds. The molecule has 1 unspecified atom stereocenters. The number of aromatic nitrogens is 2. The lowest BCUT2D eigenvalue weighted by atomic mass is 10.1. The van der Waals surface area contributed by atoms with Gasteiger partial charge in [-0.2, -0.15) is 0 Å². The molecule has 0 bridgehead atoms. The van der Waals surface area contributed by atoms with E-state index in [-0.39, 0.29) is 17.8 Å². The van der Waals surface area contributed by atoms with E-state index >= 15 is 0 Å². The van der Waals surface area contributed by atoms with Gasteiger partial charge in [0, 0.05) is 18.0 Å². The minimum atomic E-state index is -0.286. The molecular formula is C20H21N3O3S2. The van der Waals surface area contributed by atoms with E-state index in [1.54, 1.807) is 11.3 Å². The first-order valence-electron chi connectivity index (χ1n) is 9.11. The minimum absolute atomic E-state index is 0.0950. The van der Waals surface area contributed by atoms with Gasteiger partial charge < -0.3 is 14.1 Å². The number of benzene rings is 1. The van der Waals surface area contributed by atoms with Crippen LogP contribution in [0.2, 0.25) is 0 Å². The fourth-order valence-corrected chi connectivity index (χ4v) is 4.76. The maximum atomic E-state index is 12.8. The summed E-state index contributed by atoms with van der Waals surface area (Å²) < 4.78 is 11.3. The number of rotatable bonds is 6. The Morgan fingerprint density at radius 2 is 2.29 bits per heavy atom. The Morgan fingerprint density at radius 1 is 1.39 bits per heavy atom. The number of carbonyl (C=O) groups excluding carboxylic acids is 1. The molecule has 1 aromatic carbocycles. The zero-order chi connectivity index (χ0) is 19.5. The van der Waals surface area contributed by atoms with Crippen LogP contribution in [-0.2, 0) is 24.4 Å². The highest BCUT2D eigenvalue weighted by molar-refractivity contribution is 8.00. The van der Waals surface area contributed by atoms with E-state index in [2.05, 4.69) is 21.6 Å². The Morgan fingerprint density at radius 3 is 3.14 bits per heavy atom. The quantitative estimate of drug-likeness (QED) is 0.565. The van der Waals surface area contributed by atoms with E-state index in [4.69, 9.17) is 9.15 Å². The number of amides is 1. The van der Waals surface area contributed by atoms with E-state index in [9.17, 15) is 4.79 Å². The van der Waals surface area contributed by atoms with Crippen molar-refractivity contribution in [1.82, 2.24) is 15.1 Å². The molecule has 4 rings (SSSR count). The lowest BCUT2D eigenvalue weighted by molar-refractivity contribution is -0.131. The number of carbonyl (C=O) groups is 1. The fourth-order valence-electron chi connectivity index (χ4n) is 3.09. The number of hydrogen-bond acceptors (Lipinski definition) is 7. The van der Waals surface area contributed by atoms with Gasteiger partial charge in [-0.3, -0.25) is 4.79 Å². The second kappa shape index (κ2) is 8.36. The molecule has 3 heterocycles. The van der Waals surface area contributed by atoms with Gasteiger partial charge in [0.25, 0.3) is 11.1 Å². The molecule has 146 valence electrons. The fraction of sp³-hybridized carbons (Fsp3) is 0.350. The van der Waals surface area contributed by atoms with Crippen LogP contribution in [0.5, 0.6) is 5.75 Å². The van der Waals surface area contributed by atoms with E-state index < -0.39 is 0 Å². The highest BCUT2D eigenvalue weighted by Crippen LogP contribution is 2.28. The molecule has 28 heavy (non-hydrogen) atoms. The molecule has 0 saturated carbocycles. The number of aryl methyl sites for hydroxylation is 1. The van der Waals surface area contributed by atoms with E-state index in [0.717, 1.165) is 24.3 Å². The third-order valence-electron chi connectivity index (χ3n) is 4.54. The van der Waals surface area contributed by atoms with Crippen molar-refractivity contribution in [1.29, 1.82) is 0 Å². The van der Waals surface area contributed by atoms with Gasteiger partial charge in [0.05, 0.1) is 5.25 Å². The van der Waals surface area contributed by atoms with Gasteiger partial charge >= 0.3 is 0 Å². The first kappa shape index (κ1) is 19.0. The Kier molecular flexibility index (Phi) is 5.68. The highest BCUT2D eigenvalue weighted by atomic mass is 32.2. The van der Waals surface area contributed by atoms with Gasteiger partial charge in [-0.05, 0) is 55.0 Å². The van der Waals surface area contributed by atoms with Crippen molar-refractivity contribution in [3.63, 3.8) is 0 Å². The predicted octanol–water partition coefficient (Wildman–Crippen LogP) is 4.08. The largest absolute Gasteiger partial charge is 0.484 e. The molecule has 1 atom stereocenters. The van der Waals surface area contributed by atoms with Crippen molar-refractivity contribution in [3.8, 4) is 5.75 Å². The van der Waals surface area contributed by atoms with Crippen molar-refractivity contribution >= 4 is 29.0 Å². The van der Waals surface area contributed by atoms with Crippen LogP contribution in [-0.4, -0.2) is 32.8 Å². The second-order valence-corrected chi connectivity index (χ2v) is 9.00. The first-order valence-corrected chi connectivity index (χ1v) is 10.9. The van der Waals surface area contributed by atoms with E-state index in [1.807, 2.05) is 43.0 Å². The average Bonchev–Trinajstić information content (AvgIpc) is 3.34. The smallest absolute Gasteiger partial charge is 0.277 e. The highest BCUT2D eigenvalue weighted by Gasteiger charge is 2.27. The molecule has 0 N–H and O–H groups in total. The Hall–Kier alpha value is -2.32. The summed E-state index contributed by atoms with van der Waals surface area (Å²) in [6.07, 6.45) is 0.928. The van der Waals surface area contributed by atoms with E-state index in [1.165, 1.54) is 22.2 Å². The predicted molar refractivity (Wildman–Crippen MR) is 109 cm³/mol. The molecule has 0 fully saturated rings. The number of fused-ring (bicyclic) bond motifs is 1. The summed E-state index contributed by atoms with van der Waals surface area (Å²) in [4.78, 5) is 16.1. The van der Waals surface area contributed by atoms with Crippen molar-refractivity contribution in [2.24, 2.45) is 0 Å². The maximum absolute atomic E-state index is 12.8. The summed E-state index contributed by atoms with van der Waals surface area (Å²) in [6.45, 7) is 5.53. The minimum Gasteiger partial charge on any atom is -0.484 e. The molecule has 0 spiro atoms. The Bertz CT molecular complexity index is 969. The molecule has 0 saturated heterocycles. The molecule has 0 radical (unpaired) electrons. The lowest BCUT2D eigenvalue weighted by Crippen LogP contribution is -2.39. The van der Waals surface area contributed by atoms with Gasteiger partial charge in [-0.25, -0.2) is 0 Å². The first-order chi connectivity index (χ1) is 13.6. The Balaban J connectivity index is 1.31. The molecule has 1 aliphatic rings. The zero-order valence-electron chi connectivity index (χ0n) is 15.8. The van der Waals surface area contributed by atoms with Crippen molar-refractivity contribution in [3.05, 3.63) is 57.6 Å². The van der Waals surface area contributed by atoms with Crippen LogP contribution >= 0.6 is 23.1 Å². The number of ether oxygens (including phenoxy) is 1. The lowest BCUT2D eigenvalue weighted by Gasteiger charge is -2.28. The van der Waals surface area contributed by atoms with Crippen molar-refractivity contribution < 1.29 is 13.9 Å². The van der Waals surface area contributed by atoms with Crippen LogP contribution < -0.4 is 4.74 Å². The summed E-state index contributed by atoms with van der Waals surface area (Å²) in [7, 11) is 0.